The van der Waals surface area contributed by atoms with E-state index >= 15 is 0 Å². The Morgan fingerprint density at radius 2 is 1.86 bits per heavy atom. The Morgan fingerprint density at radius 1 is 1.05 bits per heavy atom. The minimum absolute atomic E-state index is 0.147. The van der Waals surface area contributed by atoms with E-state index in [9.17, 15) is 0 Å². The highest BCUT2D eigenvalue weighted by Gasteiger charge is 2.01. The van der Waals surface area contributed by atoms with Crippen LogP contribution in [-0.4, -0.2) is 23.2 Å². The largest absolute Gasteiger partial charge is 0.395 e. The van der Waals surface area contributed by atoms with Crippen LogP contribution >= 0.6 is 11.3 Å². The highest BCUT2D eigenvalue weighted by molar-refractivity contribution is 7.21. The lowest BCUT2D eigenvalue weighted by Crippen LogP contribution is -2.17. The van der Waals surface area contributed by atoms with Crippen LogP contribution < -0.4 is 5.32 Å². The van der Waals surface area contributed by atoms with E-state index in [-0.39, 0.29) is 6.61 Å². The fraction of sp³-hybridized carbons (Fsp3) is 0.188. The van der Waals surface area contributed by atoms with Gasteiger partial charge < -0.3 is 10.4 Å². The quantitative estimate of drug-likeness (QED) is 0.537. The maximum absolute atomic E-state index is 8.72. The Bertz CT molecular complexity index is 734. The van der Waals surface area contributed by atoms with Crippen molar-refractivity contribution in [3.63, 3.8) is 0 Å². The molecule has 2 aromatic carbocycles. The Morgan fingerprint density at radius 3 is 2.64 bits per heavy atom. The van der Waals surface area contributed by atoms with Crippen LogP contribution in [0.25, 0.3) is 10.2 Å². The molecule has 5 nitrogen and oxygen atoms in total. The molecule has 3 aromatic rings. The van der Waals surface area contributed by atoms with E-state index in [1.165, 1.54) is 11.3 Å². The predicted octanol–water partition coefficient (Wildman–Crippen LogP) is 3.79. The molecule has 0 radical (unpaired) electrons. The number of azo groups is 1. The lowest BCUT2D eigenvalue weighted by molar-refractivity contribution is 0.292. The number of thiazole rings is 1. The third-order valence-corrected chi connectivity index (χ3v) is 4.01. The van der Waals surface area contributed by atoms with E-state index in [1.54, 1.807) is 0 Å². The number of nitrogens with zero attached hydrogens (tertiary/aromatic N) is 3. The molecule has 0 spiro atoms. The third-order valence-electron chi connectivity index (χ3n) is 3.09. The minimum Gasteiger partial charge on any atom is -0.395 e. The van der Waals surface area contributed by atoms with Crippen LogP contribution in [-0.2, 0) is 6.54 Å². The van der Waals surface area contributed by atoms with Crippen molar-refractivity contribution in [3.8, 4) is 0 Å². The molecule has 22 heavy (non-hydrogen) atoms. The number of nitrogens with one attached hydrogen (secondary N) is 1. The average Bonchev–Trinajstić information content (AvgIpc) is 2.97. The molecule has 0 bridgehead atoms. The molecule has 0 saturated heterocycles. The van der Waals surface area contributed by atoms with Gasteiger partial charge in [-0.1, -0.05) is 35.6 Å². The van der Waals surface area contributed by atoms with Gasteiger partial charge in [0, 0.05) is 13.1 Å². The van der Waals surface area contributed by atoms with E-state index in [4.69, 9.17) is 5.11 Å². The summed E-state index contributed by atoms with van der Waals surface area (Å²) in [5.41, 5.74) is 2.89. The SMILES string of the molecule is OCCNCc1ccc(N=Nc2nc3ccccc3s2)cc1. The summed E-state index contributed by atoms with van der Waals surface area (Å²) >= 11 is 1.53. The van der Waals surface area contributed by atoms with Crippen LogP contribution in [0.1, 0.15) is 5.56 Å². The first-order valence-electron chi connectivity index (χ1n) is 7.03. The van der Waals surface area contributed by atoms with Gasteiger partial charge in [0.25, 0.3) is 0 Å². The zero-order chi connectivity index (χ0) is 15.2. The highest BCUT2D eigenvalue weighted by atomic mass is 32.1. The molecule has 2 N–H and O–H groups in total. The number of rotatable bonds is 6. The van der Waals surface area contributed by atoms with Gasteiger partial charge in [0.05, 0.1) is 22.5 Å². The van der Waals surface area contributed by atoms with Crippen LogP contribution in [0.4, 0.5) is 10.8 Å². The van der Waals surface area contributed by atoms with Gasteiger partial charge in [0.15, 0.2) is 0 Å². The maximum atomic E-state index is 8.72. The van der Waals surface area contributed by atoms with Crippen LogP contribution in [0.2, 0.25) is 0 Å². The summed E-state index contributed by atoms with van der Waals surface area (Å²) in [6, 6.07) is 15.8. The third kappa shape index (κ3) is 3.73. The molecular formula is C16H16N4OS. The summed E-state index contributed by atoms with van der Waals surface area (Å²) in [6.07, 6.45) is 0. The summed E-state index contributed by atoms with van der Waals surface area (Å²) in [6.45, 7) is 1.48. The monoisotopic (exact) mass is 312 g/mol. The van der Waals surface area contributed by atoms with Crippen LogP contribution in [0, 0.1) is 0 Å². The summed E-state index contributed by atoms with van der Waals surface area (Å²) in [7, 11) is 0. The van der Waals surface area contributed by atoms with Crippen molar-refractivity contribution in [2.45, 2.75) is 6.54 Å². The molecule has 0 fully saturated rings. The minimum atomic E-state index is 0.147. The van der Waals surface area contributed by atoms with Crippen molar-refractivity contribution < 1.29 is 5.11 Å². The maximum Gasteiger partial charge on any atom is 0.231 e. The van der Waals surface area contributed by atoms with Gasteiger partial charge in [-0.2, -0.15) is 0 Å². The topological polar surface area (TPSA) is 69.9 Å². The Labute approximate surface area is 132 Å². The van der Waals surface area contributed by atoms with Crippen molar-refractivity contribution in [2.24, 2.45) is 10.2 Å². The standard InChI is InChI=1S/C16H16N4OS/c21-10-9-17-11-12-5-7-13(8-6-12)19-20-16-18-14-3-1-2-4-15(14)22-16/h1-8,17,21H,9-11H2. The zero-order valence-corrected chi connectivity index (χ0v) is 12.8. The van der Waals surface area contributed by atoms with Gasteiger partial charge in [-0.3, -0.25) is 0 Å². The van der Waals surface area contributed by atoms with Gasteiger partial charge in [0.2, 0.25) is 5.13 Å². The lowest BCUT2D eigenvalue weighted by atomic mass is 10.2. The van der Waals surface area contributed by atoms with Crippen molar-refractivity contribution >= 4 is 32.4 Å². The number of hydrogen-bond acceptors (Lipinski definition) is 6. The molecule has 0 amide bonds. The second-order valence-electron chi connectivity index (χ2n) is 4.73. The molecular weight excluding hydrogens is 296 g/mol. The molecule has 0 aliphatic rings. The van der Waals surface area contributed by atoms with E-state index in [0.29, 0.717) is 11.7 Å². The summed E-state index contributed by atoms with van der Waals surface area (Å²) in [5.74, 6) is 0. The molecule has 0 unspecified atom stereocenters. The van der Waals surface area contributed by atoms with Crippen molar-refractivity contribution in [1.29, 1.82) is 0 Å². The van der Waals surface area contributed by atoms with Gasteiger partial charge in [0.1, 0.15) is 0 Å². The lowest BCUT2D eigenvalue weighted by Gasteiger charge is -2.02. The number of aromatic nitrogens is 1. The van der Waals surface area contributed by atoms with Crippen molar-refractivity contribution in [1.82, 2.24) is 10.3 Å². The summed E-state index contributed by atoms with van der Waals surface area (Å²) in [5, 5.41) is 20.9. The number of fused-ring (bicyclic) bond motifs is 1. The molecule has 6 heteroatoms. The van der Waals surface area contributed by atoms with Gasteiger partial charge >= 0.3 is 0 Å². The first-order valence-corrected chi connectivity index (χ1v) is 7.84. The number of benzene rings is 2. The smallest absolute Gasteiger partial charge is 0.231 e. The molecule has 0 saturated carbocycles. The van der Waals surface area contributed by atoms with E-state index in [0.717, 1.165) is 28.0 Å². The predicted molar refractivity (Wildman–Crippen MR) is 89.0 cm³/mol. The summed E-state index contributed by atoms with van der Waals surface area (Å²) in [4.78, 5) is 4.42. The van der Waals surface area contributed by atoms with Gasteiger partial charge in [-0.15, -0.1) is 10.2 Å². The van der Waals surface area contributed by atoms with Crippen LogP contribution in [0.5, 0.6) is 0 Å². The van der Waals surface area contributed by atoms with E-state index < -0.39 is 0 Å². The fourth-order valence-electron chi connectivity index (χ4n) is 2.00. The number of para-hydroxylation sites is 1. The number of hydrogen-bond donors (Lipinski definition) is 2. The molecule has 1 heterocycles. The van der Waals surface area contributed by atoms with Crippen LogP contribution in [0.3, 0.4) is 0 Å². The first-order chi connectivity index (χ1) is 10.8. The second kappa shape index (κ2) is 7.22. The van der Waals surface area contributed by atoms with E-state index in [2.05, 4.69) is 20.5 Å². The number of aliphatic hydroxyl groups excluding tert-OH is 1. The molecule has 3 rings (SSSR count). The number of aliphatic hydroxyl groups is 1. The zero-order valence-electron chi connectivity index (χ0n) is 11.9. The molecule has 0 aliphatic carbocycles. The fourth-order valence-corrected chi connectivity index (χ4v) is 2.78. The van der Waals surface area contributed by atoms with Gasteiger partial charge in [-0.05, 0) is 29.8 Å². The Hall–Kier alpha value is -2.15. The molecule has 0 aliphatic heterocycles. The Balaban J connectivity index is 1.67. The average molecular weight is 312 g/mol. The van der Waals surface area contributed by atoms with Crippen molar-refractivity contribution in [3.05, 3.63) is 54.1 Å². The Kier molecular flexibility index (Phi) is 4.85. The molecule has 1 aromatic heterocycles. The van der Waals surface area contributed by atoms with E-state index in [1.807, 2.05) is 48.5 Å². The highest BCUT2D eigenvalue weighted by Crippen LogP contribution is 2.28. The first kappa shape index (κ1) is 14.8. The van der Waals surface area contributed by atoms with Crippen molar-refractivity contribution in [2.75, 3.05) is 13.2 Å². The second-order valence-corrected chi connectivity index (χ2v) is 5.74. The van der Waals surface area contributed by atoms with Gasteiger partial charge in [-0.25, -0.2) is 4.98 Å². The molecule has 0 atom stereocenters. The van der Waals surface area contributed by atoms with Crippen LogP contribution in [0.15, 0.2) is 58.8 Å². The summed E-state index contributed by atoms with van der Waals surface area (Å²) < 4.78 is 1.11. The normalized spacial score (nSPS) is 11.5. The molecule has 112 valence electrons.